The molecule has 0 saturated carbocycles. The van der Waals surface area contributed by atoms with Crippen molar-refractivity contribution in [3.63, 3.8) is 0 Å². The highest BCUT2D eigenvalue weighted by Crippen LogP contribution is 2.05. The molecule has 4 heteroatoms. The summed E-state index contributed by atoms with van der Waals surface area (Å²) in [5.74, 6) is -0.443. The molecule has 0 aliphatic carbocycles. The molecule has 4 nitrogen and oxygen atoms in total. The monoisotopic (exact) mass is 352 g/mol. The molecule has 0 saturated heterocycles. The first-order valence-corrected chi connectivity index (χ1v) is 8.78. The normalized spacial score (nSPS) is 10.6. The number of hydrogen-bond acceptors (Lipinski definition) is 4. The quantitative estimate of drug-likeness (QED) is 0.463. The first kappa shape index (κ1) is 19.4. The number of ether oxygens (including phenoxy) is 2. The molecule has 0 spiro atoms. The van der Waals surface area contributed by atoms with Crippen LogP contribution in [-0.4, -0.2) is 11.9 Å². The van der Waals surface area contributed by atoms with Crippen molar-refractivity contribution in [2.45, 2.75) is 38.9 Å². The maximum Gasteiger partial charge on any atom is 0.306 e. The van der Waals surface area contributed by atoms with Crippen LogP contribution >= 0.6 is 0 Å². The molecule has 0 aliphatic rings. The zero-order chi connectivity index (χ0) is 18.5. The van der Waals surface area contributed by atoms with Gasteiger partial charge in [0.25, 0.3) is 0 Å². The van der Waals surface area contributed by atoms with Gasteiger partial charge in [0.1, 0.15) is 13.2 Å². The van der Waals surface area contributed by atoms with E-state index in [1.54, 1.807) is 0 Å². The Balaban J connectivity index is 1.51. The summed E-state index contributed by atoms with van der Waals surface area (Å²) in [5.41, 5.74) is 1.95. The first-order valence-electron chi connectivity index (χ1n) is 8.78. The van der Waals surface area contributed by atoms with Crippen LogP contribution in [0.3, 0.4) is 0 Å². The third-order valence-electron chi connectivity index (χ3n) is 3.68. The van der Waals surface area contributed by atoms with Crippen LogP contribution in [0.4, 0.5) is 0 Å². The summed E-state index contributed by atoms with van der Waals surface area (Å²) in [6.45, 7) is 0.604. The van der Waals surface area contributed by atoms with E-state index in [2.05, 4.69) is 0 Å². The molecular formula is C22H24O4. The minimum absolute atomic E-state index is 0.222. The summed E-state index contributed by atoms with van der Waals surface area (Å²) in [4.78, 5) is 23.3. The molecule has 136 valence electrons. The predicted octanol–water partition coefficient (Wildman–Crippen LogP) is 4.59. The average molecular weight is 352 g/mol. The van der Waals surface area contributed by atoms with Gasteiger partial charge in [-0.1, -0.05) is 72.8 Å². The van der Waals surface area contributed by atoms with E-state index in [1.807, 2.05) is 72.8 Å². The van der Waals surface area contributed by atoms with Gasteiger partial charge in [0, 0.05) is 12.8 Å². The molecule has 26 heavy (non-hydrogen) atoms. The molecule has 2 rings (SSSR count). The third kappa shape index (κ3) is 8.29. The molecule has 0 fully saturated rings. The maximum atomic E-state index is 11.6. The number of benzene rings is 2. The summed E-state index contributed by atoms with van der Waals surface area (Å²) in [6, 6.07) is 19.2. The van der Waals surface area contributed by atoms with Crippen molar-refractivity contribution in [1.82, 2.24) is 0 Å². The highest BCUT2D eigenvalue weighted by atomic mass is 16.5. The van der Waals surface area contributed by atoms with Crippen molar-refractivity contribution in [1.29, 1.82) is 0 Å². The number of hydrogen-bond donors (Lipinski definition) is 0. The summed E-state index contributed by atoms with van der Waals surface area (Å²) in [6.07, 6.45) is 5.67. The Morgan fingerprint density at radius 2 is 1.04 bits per heavy atom. The van der Waals surface area contributed by atoms with Crippen molar-refractivity contribution in [3.05, 3.63) is 83.9 Å². The SMILES string of the molecule is O=C(CCC=CCCC(=O)OCc1ccccc1)OCc1ccccc1. The molecule has 0 heterocycles. The van der Waals surface area contributed by atoms with Crippen molar-refractivity contribution < 1.29 is 19.1 Å². The lowest BCUT2D eigenvalue weighted by Gasteiger charge is -2.04. The first-order chi connectivity index (χ1) is 12.7. The summed E-state index contributed by atoms with van der Waals surface area (Å²) < 4.78 is 10.4. The summed E-state index contributed by atoms with van der Waals surface area (Å²) in [7, 11) is 0. The fourth-order valence-electron chi connectivity index (χ4n) is 2.26. The van der Waals surface area contributed by atoms with E-state index < -0.39 is 0 Å². The molecule has 0 radical (unpaired) electrons. The minimum Gasteiger partial charge on any atom is -0.461 e. The van der Waals surface area contributed by atoms with E-state index in [4.69, 9.17) is 9.47 Å². The fourth-order valence-corrected chi connectivity index (χ4v) is 2.26. The summed E-state index contributed by atoms with van der Waals surface area (Å²) in [5, 5.41) is 0. The Bertz CT molecular complexity index is 631. The summed E-state index contributed by atoms with van der Waals surface area (Å²) >= 11 is 0. The van der Waals surface area contributed by atoms with Gasteiger partial charge >= 0.3 is 11.9 Å². The molecule has 0 aliphatic heterocycles. The Kier molecular flexibility index (Phi) is 8.70. The lowest BCUT2D eigenvalue weighted by atomic mass is 10.2. The largest absolute Gasteiger partial charge is 0.461 e. The zero-order valence-electron chi connectivity index (χ0n) is 14.8. The van der Waals surface area contributed by atoms with Crippen molar-refractivity contribution >= 4 is 11.9 Å². The van der Waals surface area contributed by atoms with Crippen LogP contribution in [0.1, 0.15) is 36.8 Å². The molecule has 0 aromatic heterocycles. The number of rotatable bonds is 10. The smallest absolute Gasteiger partial charge is 0.306 e. The van der Waals surface area contributed by atoms with Crippen molar-refractivity contribution in [3.8, 4) is 0 Å². The molecule has 0 atom stereocenters. The second-order valence-corrected chi connectivity index (χ2v) is 5.84. The van der Waals surface area contributed by atoms with E-state index in [9.17, 15) is 9.59 Å². The lowest BCUT2D eigenvalue weighted by Crippen LogP contribution is -2.04. The van der Waals surface area contributed by atoms with E-state index in [1.165, 1.54) is 0 Å². The van der Waals surface area contributed by atoms with E-state index >= 15 is 0 Å². The molecule has 0 amide bonds. The van der Waals surface area contributed by atoms with Gasteiger partial charge in [0.05, 0.1) is 0 Å². The zero-order valence-corrected chi connectivity index (χ0v) is 14.8. The van der Waals surface area contributed by atoms with Gasteiger partial charge in [-0.2, -0.15) is 0 Å². The molecular weight excluding hydrogens is 328 g/mol. The third-order valence-corrected chi connectivity index (χ3v) is 3.68. The Labute approximate surface area is 154 Å². The lowest BCUT2D eigenvalue weighted by molar-refractivity contribution is -0.145. The molecule has 2 aromatic rings. The average Bonchev–Trinajstić information content (AvgIpc) is 2.69. The highest BCUT2D eigenvalue weighted by Gasteiger charge is 2.03. The minimum atomic E-state index is -0.222. The van der Waals surface area contributed by atoms with Gasteiger partial charge in [-0.3, -0.25) is 9.59 Å². The molecule has 0 unspecified atom stereocenters. The Hall–Kier alpha value is -2.88. The van der Waals surface area contributed by atoms with Crippen LogP contribution in [0.5, 0.6) is 0 Å². The van der Waals surface area contributed by atoms with Crippen molar-refractivity contribution in [2.24, 2.45) is 0 Å². The van der Waals surface area contributed by atoms with Crippen LogP contribution in [0, 0.1) is 0 Å². The van der Waals surface area contributed by atoms with Gasteiger partial charge in [-0.25, -0.2) is 0 Å². The molecule has 0 N–H and O–H groups in total. The number of carbonyl (C=O) groups excluding carboxylic acids is 2. The topological polar surface area (TPSA) is 52.6 Å². The number of carbonyl (C=O) groups is 2. The van der Waals surface area contributed by atoms with Gasteiger partial charge in [-0.05, 0) is 24.0 Å². The van der Waals surface area contributed by atoms with E-state index in [0.29, 0.717) is 38.9 Å². The van der Waals surface area contributed by atoms with Crippen LogP contribution < -0.4 is 0 Å². The van der Waals surface area contributed by atoms with E-state index in [0.717, 1.165) is 11.1 Å². The van der Waals surface area contributed by atoms with Crippen LogP contribution in [0.15, 0.2) is 72.8 Å². The van der Waals surface area contributed by atoms with Crippen LogP contribution in [0.25, 0.3) is 0 Å². The highest BCUT2D eigenvalue weighted by molar-refractivity contribution is 5.70. The van der Waals surface area contributed by atoms with Gasteiger partial charge in [0.2, 0.25) is 0 Å². The second-order valence-electron chi connectivity index (χ2n) is 5.84. The maximum absolute atomic E-state index is 11.6. The Morgan fingerprint density at radius 1 is 0.654 bits per heavy atom. The fraction of sp³-hybridized carbons (Fsp3) is 0.273. The van der Waals surface area contributed by atoms with Gasteiger partial charge in [0.15, 0.2) is 0 Å². The van der Waals surface area contributed by atoms with Crippen molar-refractivity contribution in [2.75, 3.05) is 0 Å². The standard InChI is InChI=1S/C22H24O4/c23-21(25-17-19-11-5-3-6-12-19)15-9-1-2-10-16-22(24)26-18-20-13-7-4-8-14-20/h1-8,11-14H,9-10,15-18H2. The van der Waals surface area contributed by atoms with Gasteiger partial charge < -0.3 is 9.47 Å². The molecule has 0 bridgehead atoms. The molecule has 2 aromatic carbocycles. The number of allylic oxidation sites excluding steroid dienone is 2. The van der Waals surface area contributed by atoms with Crippen LogP contribution in [-0.2, 0) is 32.3 Å². The second kappa shape index (κ2) is 11.6. The van der Waals surface area contributed by atoms with Gasteiger partial charge in [-0.15, -0.1) is 0 Å². The predicted molar refractivity (Wildman–Crippen MR) is 100 cm³/mol. The van der Waals surface area contributed by atoms with Crippen LogP contribution in [0.2, 0.25) is 0 Å². The number of esters is 2. The Morgan fingerprint density at radius 3 is 1.42 bits per heavy atom. The van der Waals surface area contributed by atoms with E-state index in [-0.39, 0.29) is 11.9 Å².